The number of pyridine rings is 1. The van der Waals surface area contributed by atoms with E-state index in [1.54, 1.807) is 0 Å². The Morgan fingerprint density at radius 2 is 2.45 bits per heavy atom. The van der Waals surface area contributed by atoms with Crippen molar-refractivity contribution in [2.45, 2.75) is 17.8 Å². The molecule has 1 nitrogen and oxygen atoms in total. The van der Waals surface area contributed by atoms with Crippen LogP contribution in [0.15, 0.2) is 24.4 Å². The summed E-state index contributed by atoms with van der Waals surface area (Å²) in [5, 5.41) is 0. The molecule has 0 fully saturated rings. The number of aromatic nitrogens is 1. The van der Waals surface area contributed by atoms with Crippen LogP contribution < -0.4 is 0 Å². The third kappa shape index (κ3) is 3.22. The topological polar surface area (TPSA) is 12.9 Å². The first-order chi connectivity index (χ1) is 5.33. The van der Waals surface area contributed by atoms with Crippen molar-refractivity contribution in [2.24, 2.45) is 5.92 Å². The van der Waals surface area contributed by atoms with Gasteiger partial charge in [0.2, 0.25) is 0 Å². The van der Waals surface area contributed by atoms with Crippen LogP contribution in [-0.4, -0.2) is 27.3 Å². The summed E-state index contributed by atoms with van der Waals surface area (Å²) in [6, 6.07) is 6.10. The predicted octanol–water partition coefficient (Wildman–Crippen LogP) is 1.96. The Kier molecular flexibility index (Phi) is 3.90. The van der Waals surface area contributed by atoms with Gasteiger partial charge in [-0.25, -0.2) is 0 Å². The number of hydrogen-bond donors (Lipinski definition) is 0. The molecule has 0 N–H and O–H groups in total. The maximum atomic E-state index is 4.27. The van der Waals surface area contributed by atoms with Crippen molar-refractivity contribution in [3.63, 3.8) is 0 Å². The van der Waals surface area contributed by atoms with Gasteiger partial charge < -0.3 is 0 Å². The summed E-state index contributed by atoms with van der Waals surface area (Å²) in [6.45, 7) is 2.26. The molecule has 2 heteroatoms. The molecule has 0 aromatic carbocycles. The third-order valence-corrected chi connectivity index (χ3v) is 3.19. The van der Waals surface area contributed by atoms with Gasteiger partial charge >= 0.3 is 82.5 Å². The summed E-state index contributed by atoms with van der Waals surface area (Å²) in [5.41, 5.74) is 1.21. The van der Waals surface area contributed by atoms with Crippen LogP contribution in [0.5, 0.6) is 0 Å². The number of nitrogens with zero attached hydrogens (tertiary/aromatic N) is 1. The van der Waals surface area contributed by atoms with Crippen molar-refractivity contribution in [3.8, 4) is 0 Å². The van der Waals surface area contributed by atoms with Crippen molar-refractivity contribution >= 4 is 22.3 Å². The van der Waals surface area contributed by atoms with E-state index >= 15 is 0 Å². The Bertz CT molecular complexity index is 203. The Hall–Kier alpha value is -0.0604. The maximum Gasteiger partial charge on any atom is 1.00 e. The summed E-state index contributed by atoms with van der Waals surface area (Å²) in [5.74, 6) is 0.759. The molecule has 1 aromatic rings. The fourth-order valence-electron chi connectivity index (χ4n) is 0.935. The van der Waals surface area contributed by atoms with E-state index in [0.717, 1.165) is 12.3 Å². The summed E-state index contributed by atoms with van der Waals surface area (Å²) in [4.78, 5) is 4.27. The van der Waals surface area contributed by atoms with Crippen molar-refractivity contribution in [3.05, 3.63) is 30.1 Å². The molecule has 0 aliphatic rings. The molecule has 0 spiro atoms. The second kappa shape index (κ2) is 4.74. The van der Waals surface area contributed by atoms with Gasteiger partial charge in [-0.05, 0) is 0 Å². The summed E-state index contributed by atoms with van der Waals surface area (Å²) in [7, 11) is 0. The minimum absolute atomic E-state index is 0. The van der Waals surface area contributed by atoms with Gasteiger partial charge in [-0.1, -0.05) is 0 Å². The second-order valence-electron chi connectivity index (χ2n) is 2.80. The summed E-state index contributed by atoms with van der Waals surface area (Å²) < 4.78 is 1.24. The first kappa shape index (κ1) is 9.03. The predicted molar refractivity (Wildman–Crippen MR) is 48.8 cm³/mol. The van der Waals surface area contributed by atoms with Gasteiger partial charge in [0.15, 0.2) is 0 Å². The zero-order valence-corrected chi connectivity index (χ0v) is 8.99. The van der Waals surface area contributed by atoms with E-state index in [1.807, 2.05) is 18.3 Å². The van der Waals surface area contributed by atoms with E-state index in [2.05, 4.69) is 40.3 Å². The first-order valence-electron chi connectivity index (χ1n) is 3.81. The molecule has 0 aliphatic heterocycles. The van der Waals surface area contributed by atoms with E-state index in [9.17, 15) is 0 Å². The van der Waals surface area contributed by atoms with Crippen molar-refractivity contribution in [1.82, 2.24) is 4.98 Å². The van der Waals surface area contributed by atoms with Crippen LogP contribution in [0.1, 0.15) is 14.0 Å². The molecule has 0 amide bonds. The molecule has 1 rings (SSSR count). The maximum absolute atomic E-state index is 4.27. The first-order valence-corrected chi connectivity index (χ1v) is 5.45. The smallest absolute Gasteiger partial charge is 1.00 e. The number of hydrogen-bond acceptors (Lipinski definition) is 1. The van der Waals surface area contributed by atoms with E-state index in [0.29, 0.717) is 0 Å². The molecule has 0 saturated heterocycles. The second-order valence-corrected chi connectivity index (χ2v) is 3.75. The third-order valence-electron chi connectivity index (χ3n) is 1.57. The fraction of sp³-hybridized carbons (Fsp3) is 0.444. The van der Waals surface area contributed by atoms with Crippen LogP contribution in [-0.2, 0) is 6.42 Å². The summed E-state index contributed by atoms with van der Waals surface area (Å²) >= 11 is 2.15. The minimum Gasteiger partial charge on any atom is 1.00 e. The van der Waals surface area contributed by atoms with Crippen LogP contribution in [0.4, 0.5) is 0 Å². The van der Waals surface area contributed by atoms with Gasteiger partial charge in [0.1, 0.15) is 0 Å². The van der Waals surface area contributed by atoms with Gasteiger partial charge in [-0.2, -0.15) is 0 Å². The molecular formula is C9H13NTe+. The van der Waals surface area contributed by atoms with E-state index in [1.165, 1.54) is 10.2 Å². The Balaban J connectivity index is 0.00000121. The van der Waals surface area contributed by atoms with E-state index in [4.69, 9.17) is 0 Å². The molecule has 1 unspecified atom stereocenters. The van der Waals surface area contributed by atoms with Crippen LogP contribution in [0.2, 0.25) is 4.47 Å². The van der Waals surface area contributed by atoms with Gasteiger partial charge in [-0.15, -0.1) is 0 Å². The number of rotatable bonds is 3. The van der Waals surface area contributed by atoms with Gasteiger partial charge in [0.05, 0.1) is 0 Å². The van der Waals surface area contributed by atoms with Gasteiger partial charge in [0, 0.05) is 0 Å². The molecule has 1 radical (unpaired) electrons. The van der Waals surface area contributed by atoms with E-state index in [-0.39, 0.29) is 1.43 Å². The zero-order valence-electron chi connectivity index (χ0n) is 7.66. The quantitative estimate of drug-likeness (QED) is 0.759. The Labute approximate surface area is 82.6 Å². The molecule has 59 valence electrons. The Morgan fingerprint density at radius 3 is 3.00 bits per heavy atom. The zero-order chi connectivity index (χ0) is 8.10. The summed E-state index contributed by atoms with van der Waals surface area (Å²) in [6.07, 6.45) is 2.97. The molecule has 1 atom stereocenters. The molecule has 0 saturated carbocycles. The molecule has 1 heterocycles. The largest absolute Gasteiger partial charge is 1.00 e. The molecule has 0 aliphatic carbocycles. The van der Waals surface area contributed by atoms with Gasteiger partial charge in [0.25, 0.3) is 0 Å². The molecule has 0 bridgehead atoms. The molecular weight excluding hydrogens is 250 g/mol. The average Bonchev–Trinajstić information content (AvgIpc) is 2.06. The molecule has 11 heavy (non-hydrogen) atoms. The van der Waals surface area contributed by atoms with Crippen LogP contribution in [0, 0.1) is 5.92 Å². The normalized spacial score (nSPS) is 12.9. The van der Waals surface area contributed by atoms with Crippen molar-refractivity contribution < 1.29 is 1.43 Å². The average molecular weight is 263 g/mol. The standard InChI is InChI=1S/C9H12NTe/c1-8(7-11)6-9-4-2-3-5-10-9/h2-5,8H,6-7H2,1H3/p+1. The fourth-order valence-corrected chi connectivity index (χ4v) is 1.27. The van der Waals surface area contributed by atoms with Crippen LogP contribution >= 0.6 is 0 Å². The van der Waals surface area contributed by atoms with Crippen molar-refractivity contribution in [2.75, 3.05) is 0 Å². The SMILES string of the molecule is CC(C[Te])Cc1ccccn1.[H+]. The monoisotopic (exact) mass is 265 g/mol. The van der Waals surface area contributed by atoms with Gasteiger partial charge in [-0.3, -0.25) is 0 Å². The van der Waals surface area contributed by atoms with Crippen molar-refractivity contribution in [1.29, 1.82) is 0 Å². The van der Waals surface area contributed by atoms with Crippen LogP contribution in [0.25, 0.3) is 0 Å². The minimum atomic E-state index is 0. The molecule has 1 aromatic heterocycles. The van der Waals surface area contributed by atoms with E-state index < -0.39 is 0 Å². The Morgan fingerprint density at radius 1 is 1.64 bits per heavy atom. The van der Waals surface area contributed by atoms with Crippen LogP contribution in [0.3, 0.4) is 0 Å².